The molecule has 2 N–H and O–H groups in total. The Kier molecular flexibility index (Phi) is 9.15. The third kappa shape index (κ3) is 5.82. The van der Waals surface area contributed by atoms with Gasteiger partial charge in [0.05, 0.1) is 0 Å². The van der Waals surface area contributed by atoms with Crippen LogP contribution in [0.4, 0.5) is 0 Å². The predicted molar refractivity (Wildman–Crippen MR) is 119 cm³/mol. The third-order valence-electron chi connectivity index (χ3n) is 5.56. The number of benzene rings is 1. The normalized spacial score (nSPS) is 20.4. The van der Waals surface area contributed by atoms with E-state index in [1.165, 1.54) is 31.5 Å². The van der Waals surface area contributed by atoms with E-state index in [-0.39, 0.29) is 29.5 Å². The number of nitrogens with one attached hydrogen (secondary N) is 2. The van der Waals surface area contributed by atoms with Crippen molar-refractivity contribution in [3.8, 4) is 0 Å². The summed E-state index contributed by atoms with van der Waals surface area (Å²) < 4.78 is 5.63. The summed E-state index contributed by atoms with van der Waals surface area (Å²) in [6, 6.07) is 10.6. The first kappa shape index (κ1) is 21.4. The van der Waals surface area contributed by atoms with Crippen LogP contribution in [0.5, 0.6) is 0 Å². The number of aliphatic imine (C=N–C) groups is 1. The van der Waals surface area contributed by atoms with Crippen LogP contribution >= 0.6 is 24.0 Å². The van der Waals surface area contributed by atoms with Crippen molar-refractivity contribution in [2.24, 2.45) is 4.99 Å². The number of ether oxygens (including phenoxy) is 1. The largest absolute Gasteiger partial charge is 0.381 e. The molecule has 1 aromatic rings. The van der Waals surface area contributed by atoms with E-state index >= 15 is 0 Å². The fraction of sp³-hybridized carbons (Fsp3) is 0.650. The van der Waals surface area contributed by atoms with Gasteiger partial charge >= 0.3 is 0 Å². The van der Waals surface area contributed by atoms with Gasteiger partial charge in [-0.25, -0.2) is 0 Å². The van der Waals surface area contributed by atoms with Crippen LogP contribution in [-0.2, 0) is 11.2 Å². The molecule has 0 radical (unpaired) electrons. The highest BCUT2D eigenvalue weighted by atomic mass is 127. The summed E-state index contributed by atoms with van der Waals surface area (Å²) in [5.41, 5.74) is 1.58. The van der Waals surface area contributed by atoms with Gasteiger partial charge in [0, 0.05) is 38.9 Å². The number of hydrogen-bond donors (Lipinski definition) is 2. The molecule has 2 fully saturated rings. The van der Waals surface area contributed by atoms with Gasteiger partial charge in [0.15, 0.2) is 5.96 Å². The molecule has 0 bridgehead atoms. The Morgan fingerprint density at radius 3 is 2.46 bits per heavy atom. The van der Waals surface area contributed by atoms with E-state index in [9.17, 15) is 0 Å². The van der Waals surface area contributed by atoms with Gasteiger partial charge in [0.25, 0.3) is 0 Å². The van der Waals surface area contributed by atoms with E-state index in [2.05, 4.69) is 50.9 Å². The Hall–Kier alpha value is -0.860. The number of guanidine groups is 1. The zero-order valence-electron chi connectivity index (χ0n) is 15.9. The van der Waals surface area contributed by atoms with Crippen LogP contribution in [0.3, 0.4) is 0 Å². The van der Waals surface area contributed by atoms with Crippen molar-refractivity contribution in [3.05, 3.63) is 35.9 Å². The number of likely N-dealkylation sites (tertiary alicyclic amines) is 1. The number of halogens is 1. The van der Waals surface area contributed by atoms with Crippen LogP contribution in [0.1, 0.15) is 31.2 Å². The Balaban J connectivity index is 0.00000243. The standard InChI is InChI=1S/C20H32N4O.HI/c1-21-19(22-12-9-18-7-3-2-4-8-18)23-17-20(10-15-25-16-11-20)24-13-5-6-14-24;/h2-4,7-8H,5-6,9-17H2,1H3,(H2,21,22,23);1H. The average Bonchev–Trinajstić information content (AvgIpc) is 3.21. The Labute approximate surface area is 175 Å². The van der Waals surface area contributed by atoms with Crippen LogP contribution in [0.15, 0.2) is 35.3 Å². The molecule has 146 valence electrons. The summed E-state index contributed by atoms with van der Waals surface area (Å²) in [4.78, 5) is 7.09. The summed E-state index contributed by atoms with van der Waals surface area (Å²) in [5, 5.41) is 7.04. The molecule has 0 amide bonds. The molecule has 0 saturated carbocycles. The minimum absolute atomic E-state index is 0. The molecule has 0 aliphatic carbocycles. The molecule has 2 saturated heterocycles. The number of hydrogen-bond acceptors (Lipinski definition) is 3. The highest BCUT2D eigenvalue weighted by molar-refractivity contribution is 14.0. The van der Waals surface area contributed by atoms with Gasteiger partial charge in [-0.3, -0.25) is 9.89 Å². The summed E-state index contributed by atoms with van der Waals surface area (Å²) >= 11 is 0. The van der Waals surface area contributed by atoms with Crippen molar-refractivity contribution >= 4 is 29.9 Å². The van der Waals surface area contributed by atoms with Crippen molar-refractivity contribution in [2.75, 3.05) is 46.4 Å². The van der Waals surface area contributed by atoms with Crippen molar-refractivity contribution < 1.29 is 4.74 Å². The van der Waals surface area contributed by atoms with E-state index in [0.717, 1.165) is 51.5 Å². The minimum Gasteiger partial charge on any atom is -0.381 e. The second kappa shape index (κ2) is 11.1. The zero-order chi connectivity index (χ0) is 17.4. The van der Waals surface area contributed by atoms with Gasteiger partial charge in [0.1, 0.15) is 0 Å². The van der Waals surface area contributed by atoms with Crippen molar-refractivity contribution in [2.45, 2.75) is 37.6 Å². The lowest BCUT2D eigenvalue weighted by Gasteiger charge is -2.45. The molecule has 2 heterocycles. The first-order chi connectivity index (χ1) is 12.3. The molecule has 1 aromatic carbocycles. The molecule has 0 aromatic heterocycles. The summed E-state index contributed by atoms with van der Waals surface area (Å²) in [5.74, 6) is 0.904. The molecule has 2 aliphatic rings. The van der Waals surface area contributed by atoms with Crippen molar-refractivity contribution in [1.29, 1.82) is 0 Å². The third-order valence-corrected chi connectivity index (χ3v) is 5.56. The summed E-state index contributed by atoms with van der Waals surface area (Å²) in [6.07, 6.45) is 5.88. The van der Waals surface area contributed by atoms with Crippen LogP contribution in [0, 0.1) is 0 Å². The highest BCUT2D eigenvalue weighted by Crippen LogP contribution is 2.30. The molecule has 0 atom stereocenters. The number of nitrogens with zero attached hydrogens (tertiary/aromatic N) is 2. The second-order valence-electron chi connectivity index (χ2n) is 7.12. The summed E-state index contributed by atoms with van der Waals surface area (Å²) in [6.45, 7) is 6.03. The second-order valence-corrected chi connectivity index (χ2v) is 7.12. The van der Waals surface area contributed by atoms with Crippen LogP contribution in [0.2, 0.25) is 0 Å². The molecule has 2 aliphatic heterocycles. The molecule has 26 heavy (non-hydrogen) atoms. The monoisotopic (exact) mass is 472 g/mol. The van der Waals surface area contributed by atoms with Gasteiger partial charge in [-0.2, -0.15) is 0 Å². The molecule has 5 nitrogen and oxygen atoms in total. The molecule has 0 spiro atoms. The van der Waals surface area contributed by atoms with Crippen molar-refractivity contribution in [1.82, 2.24) is 15.5 Å². The van der Waals surface area contributed by atoms with E-state index < -0.39 is 0 Å². The first-order valence-electron chi connectivity index (χ1n) is 9.64. The average molecular weight is 472 g/mol. The number of rotatable bonds is 6. The van der Waals surface area contributed by atoms with Crippen LogP contribution in [-0.4, -0.2) is 62.8 Å². The summed E-state index contributed by atoms with van der Waals surface area (Å²) in [7, 11) is 1.85. The maximum Gasteiger partial charge on any atom is 0.191 e. The maximum absolute atomic E-state index is 5.63. The lowest BCUT2D eigenvalue weighted by atomic mass is 9.88. The molecular weight excluding hydrogens is 439 g/mol. The predicted octanol–water partition coefficient (Wildman–Crippen LogP) is 2.66. The van der Waals surface area contributed by atoms with E-state index in [1.54, 1.807) is 0 Å². The minimum atomic E-state index is 0. The molecule has 3 rings (SSSR count). The van der Waals surface area contributed by atoms with E-state index in [4.69, 9.17) is 4.74 Å². The van der Waals surface area contributed by atoms with Crippen LogP contribution in [0.25, 0.3) is 0 Å². The first-order valence-corrected chi connectivity index (χ1v) is 9.64. The topological polar surface area (TPSA) is 48.9 Å². The molecule has 6 heteroatoms. The Morgan fingerprint density at radius 1 is 1.12 bits per heavy atom. The quantitative estimate of drug-likeness (QED) is 0.380. The van der Waals surface area contributed by atoms with Gasteiger partial charge in [0.2, 0.25) is 0 Å². The lowest BCUT2D eigenvalue weighted by molar-refractivity contribution is -0.0164. The van der Waals surface area contributed by atoms with Gasteiger partial charge in [-0.05, 0) is 50.8 Å². The SMILES string of the molecule is CN=C(NCCc1ccccc1)NCC1(N2CCCC2)CCOCC1.I. The van der Waals surface area contributed by atoms with Gasteiger partial charge in [-0.1, -0.05) is 30.3 Å². The molecular formula is C20H33IN4O. The Bertz CT molecular complexity index is 540. The van der Waals surface area contributed by atoms with Gasteiger partial charge < -0.3 is 15.4 Å². The van der Waals surface area contributed by atoms with Gasteiger partial charge in [-0.15, -0.1) is 24.0 Å². The van der Waals surface area contributed by atoms with Crippen LogP contribution < -0.4 is 10.6 Å². The lowest BCUT2D eigenvalue weighted by Crippen LogP contribution is -2.58. The smallest absolute Gasteiger partial charge is 0.191 e. The maximum atomic E-state index is 5.63. The fourth-order valence-corrected chi connectivity index (χ4v) is 3.99. The zero-order valence-corrected chi connectivity index (χ0v) is 18.2. The van der Waals surface area contributed by atoms with Crippen molar-refractivity contribution in [3.63, 3.8) is 0 Å². The van der Waals surface area contributed by atoms with E-state index in [1.807, 2.05) is 7.05 Å². The highest BCUT2D eigenvalue weighted by Gasteiger charge is 2.39. The molecule has 0 unspecified atom stereocenters. The Morgan fingerprint density at radius 2 is 1.81 bits per heavy atom. The van der Waals surface area contributed by atoms with E-state index in [0.29, 0.717) is 0 Å². The fourth-order valence-electron chi connectivity index (χ4n) is 3.99.